The molecular weight excluding hydrogens is 412 g/mol. The second kappa shape index (κ2) is 8.11. The van der Waals surface area contributed by atoms with Gasteiger partial charge in [0.15, 0.2) is 0 Å². The van der Waals surface area contributed by atoms with Crippen LogP contribution >= 0.6 is 0 Å². The van der Waals surface area contributed by atoms with Crippen molar-refractivity contribution in [2.45, 2.75) is 57.7 Å². The fourth-order valence-corrected chi connectivity index (χ4v) is 4.64. The number of piperidine rings is 1. The molecule has 0 aliphatic carbocycles. The fourth-order valence-electron chi connectivity index (χ4n) is 4.64. The maximum atomic E-state index is 12.8. The van der Waals surface area contributed by atoms with Crippen molar-refractivity contribution in [3.8, 4) is 5.75 Å². The van der Waals surface area contributed by atoms with Crippen LogP contribution in [0.1, 0.15) is 45.6 Å². The molecule has 3 aliphatic heterocycles. The molecule has 0 unspecified atom stereocenters. The van der Waals surface area contributed by atoms with Gasteiger partial charge in [0.05, 0.1) is 6.54 Å². The zero-order valence-corrected chi connectivity index (χ0v) is 18.8. The van der Waals surface area contributed by atoms with Gasteiger partial charge in [0.1, 0.15) is 16.9 Å². The van der Waals surface area contributed by atoms with E-state index in [0.717, 1.165) is 16.2 Å². The average molecular weight is 443 g/mol. The van der Waals surface area contributed by atoms with Crippen LogP contribution in [0.3, 0.4) is 0 Å². The minimum Gasteiger partial charge on any atom is -0.485 e. The standard InChI is InChI=1S/C23H30N4O5/c1-16(28)26-14-17-6-4-5-7-18(17)32-23(15-26)9-12-25(13-10-23)19(29)8-11-27-20(30)22(2,3)24-21(27)31/h4-7H,8-15H2,1-3H3,(H,24,31). The number of ether oxygens (including phenoxy) is 1. The first-order valence-corrected chi connectivity index (χ1v) is 11.0. The number of nitrogens with one attached hydrogen (secondary N) is 1. The number of amides is 5. The van der Waals surface area contributed by atoms with Gasteiger partial charge in [-0.05, 0) is 19.9 Å². The number of fused-ring (bicyclic) bond motifs is 1. The number of urea groups is 1. The molecule has 1 spiro atoms. The number of carbonyl (C=O) groups excluding carboxylic acids is 4. The Morgan fingerprint density at radius 3 is 2.41 bits per heavy atom. The quantitative estimate of drug-likeness (QED) is 0.716. The van der Waals surface area contributed by atoms with E-state index in [0.29, 0.717) is 39.0 Å². The Morgan fingerprint density at radius 1 is 1.09 bits per heavy atom. The van der Waals surface area contributed by atoms with Crippen LogP contribution in [-0.2, 0) is 20.9 Å². The summed E-state index contributed by atoms with van der Waals surface area (Å²) in [4.78, 5) is 54.0. The molecular formula is C23H30N4O5. The highest BCUT2D eigenvalue weighted by Gasteiger charge is 2.45. The van der Waals surface area contributed by atoms with Gasteiger partial charge in [-0.1, -0.05) is 18.2 Å². The molecule has 0 saturated carbocycles. The van der Waals surface area contributed by atoms with E-state index in [4.69, 9.17) is 4.74 Å². The van der Waals surface area contributed by atoms with Gasteiger partial charge in [-0.25, -0.2) is 4.79 Å². The van der Waals surface area contributed by atoms with E-state index in [2.05, 4.69) is 5.32 Å². The first-order chi connectivity index (χ1) is 15.1. The van der Waals surface area contributed by atoms with E-state index in [-0.39, 0.29) is 30.7 Å². The molecule has 0 aromatic heterocycles. The van der Waals surface area contributed by atoms with Gasteiger partial charge in [0, 0.05) is 57.9 Å². The lowest BCUT2D eigenvalue weighted by molar-refractivity contribution is -0.139. The maximum absolute atomic E-state index is 12.8. The molecule has 4 rings (SSSR count). The summed E-state index contributed by atoms with van der Waals surface area (Å²) in [6, 6.07) is 7.30. The Balaban J connectivity index is 1.39. The van der Waals surface area contributed by atoms with Crippen LogP contribution in [0, 0.1) is 0 Å². The second-order valence-electron chi connectivity index (χ2n) is 9.41. The largest absolute Gasteiger partial charge is 0.485 e. The van der Waals surface area contributed by atoms with Crippen molar-refractivity contribution in [2.24, 2.45) is 0 Å². The van der Waals surface area contributed by atoms with Crippen LogP contribution in [0.2, 0.25) is 0 Å². The lowest BCUT2D eigenvalue weighted by atomic mass is 9.90. The van der Waals surface area contributed by atoms with Crippen LogP contribution in [-0.4, -0.2) is 75.8 Å². The highest BCUT2D eigenvalue weighted by molar-refractivity contribution is 6.06. The molecule has 3 heterocycles. The molecule has 1 N–H and O–H groups in total. The van der Waals surface area contributed by atoms with E-state index in [9.17, 15) is 19.2 Å². The normalized spacial score (nSPS) is 21.7. The van der Waals surface area contributed by atoms with Crippen LogP contribution in [0.5, 0.6) is 5.75 Å². The predicted molar refractivity (Wildman–Crippen MR) is 116 cm³/mol. The Labute approximate surface area is 187 Å². The number of benzene rings is 1. The third-order valence-electron chi connectivity index (χ3n) is 6.61. The van der Waals surface area contributed by atoms with Crippen LogP contribution < -0.4 is 10.1 Å². The van der Waals surface area contributed by atoms with E-state index >= 15 is 0 Å². The number of hydrogen-bond donors (Lipinski definition) is 1. The lowest BCUT2D eigenvalue weighted by Gasteiger charge is -2.42. The van der Waals surface area contributed by atoms with E-state index in [1.54, 1.807) is 25.7 Å². The molecule has 2 fully saturated rings. The van der Waals surface area contributed by atoms with Crippen LogP contribution in [0.25, 0.3) is 0 Å². The SMILES string of the molecule is CC(=O)N1Cc2ccccc2OC2(CCN(C(=O)CCN3C(=O)NC(C)(C)C3=O)CC2)C1. The third kappa shape index (κ3) is 4.16. The lowest BCUT2D eigenvalue weighted by Crippen LogP contribution is -2.55. The average Bonchev–Trinajstić information content (AvgIpc) is 2.86. The smallest absolute Gasteiger partial charge is 0.325 e. The molecule has 0 radical (unpaired) electrons. The summed E-state index contributed by atoms with van der Waals surface area (Å²) >= 11 is 0. The summed E-state index contributed by atoms with van der Waals surface area (Å²) in [5, 5.41) is 2.63. The molecule has 1 aromatic rings. The fraction of sp³-hybridized carbons (Fsp3) is 0.565. The predicted octanol–water partition coefficient (Wildman–Crippen LogP) is 1.51. The van der Waals surface area contributed by atoms with E-state index in [1.165, 1.54) is 0 Å². The number of rotatable bonds is 3. The summed E-state index contributed by atoms with van der Waals surface area (Å²) in [7, 11) is 0. The van der Waals surface area contributed by atoms with E-state index in [1.807, 2.05) is 29.2 Å². The molecule has 5 amide bonds. The summed E-state index contributed by atoms with van der Waals surface area (Å²) in [6.45, 7) is 6.92. The minimum absolute atomic E-state index is 0.000310. The highest BCUT2D eigenvalue weighted by Crippen LogP contribution is 2.35. The van der Waals surface area contributed by atoms with Crippen molar-refractivity contribution in [1.82, 2.24) is 20.0 Å². The summed E-state index contributed by atoms with van der Waals surface area (Å²) in [5.41, 5.74) is -0.494. The van der Waals surface area contributed by atoms with Crippen LogP contribution in [0.4, 0.5) is 4.79 Å². The van der Waals surface area contributed by atoms with Gasteiger partial charge in [-0.3, -0.25) is 19.3 Å². The number of nitrogens with zero attached hydrogens (tertiary/aromatic N) is 3. The van der Waals surface area contributed by atoms with Crippen LogP contribution in [0.15, 0.2) is 24.3 Å². The van der Waals surface area contributed by atoms with Crippen molar-refractivity contribution in [1.29, 1.82) is 0 Å². The Hall–Kier alpha value is -3.10. The van der Waals surface area contributed by atoms with Crippen molar-refractivity contribution in [3.63, 3.8) is 0 Å². The van der Waals surface area contributed by atoms with Crippen molar-refractivity contribution >= 4 is 23.8 Å². The highest BCUT2D eigenvalue weighted by atomic mass is 16.5. The second-order valence-corrected chi connectivity index (χ2v) is 9.41. The third-order valence-corrected chi connectivity index (χ3v) is 6.61. The van der Waals surface area contributed by atoms with Gasteiger partial charge < -0.3 is 19.9 Å². The topological polar surface area (TPSA) is 99.3 Å². The number of likely N-dealkylation sites (tertiary alicyclic amines) is 1. The van der Waals surface area contributed by atoms with E-state index < -0.39 is 17.2 Å². The summed E-state index contributed by atoms with van der Waals surface area (Å²) < 4.78 is 6.45. The van der Waals surface area contributed by atoms with Gasteiger partial charge in [-0.15, -0.1) is 0 Å². The van der Waals surface area contributed by atoms with Gasteiger partial charge in [-0.2, -0.15) is 0 Å². The zero-order valence-electron chi connectivity index (χ0n) is 18.8. The Morgan fingerprint density at radius 2 is 1.78 bits per heavy atom. The first-order valence-electron chi connectivity index (χ1n) is 11.0. The summed E-state index contributed by atoms with van der Waals surface area (Å²) in [6.07, 6.45) is 1.30. The number of imide groups is 1. The molecule has 0 atom stereocenters. The minimum atomic E-state index is -0.937. The number of hydrogen-bond acceptors (Lipinski definition) is 5. The van der Waals surface area contributed by atoms with Crippen molar-refractivity contribution in [2.75, 3.05) is 26.2 Å². The molecule has 1 aromatic carbocycles. The maximum Gasteiger partial charge on any atom is 0.325 e. The van der Waals surface area contributed by atoms with Crippen molar-refractivity contribution in [3.05, 3.63) is 29.8 Å². The molecule has 9 heteroatoms. The molecule has 9 nitrogen and oxygen atoms in total. The first kappa shape index (κ1) is 22.1. The summed E-state index contributed by atoms with van der Waals surface area (Å²) in [5.74, 6) is 0.377. The molecule has 32 heavy (non-hydrogen) atoms. The number of carbonyl (C=O) groups is 4. The molecule has 3 aliphatic rings. The van der Waals surface area contributed by atoms with Gasteiger partial charge in [0.2, 0.25) is 11.8 Å². The van der Waals surface area contributed by atoms with Gasteiger partial charge in [0.25, 0.3) is 5.91 Å². The molecule has 2 saturated heterocycles. The number of para-hydroxylation sites is 1. The monoisotopic (exact) mass is 442 g/mol. The Bertz CT molecular complexity index is 951. The molecule has 0 bridgehead atoms. The van der Waals surface area contributed by atoms with Crippen molar-refractivity contribution < 1.29 is 23.9 Å². The van der Waals surface area contributed by atoms with Gasteiger partial charge >= 0.3 is 6.03 Å². The zero-order chi connectivity index (χ0) is 23.1. The molecule has 172 valence electrons. The Kier molecular flexibility index (Phi) is 5.60.